The SMILES string of the molecule is Cc1cn2cc(-c3ncc4nc(N5CC[C@@H](N(C)C(=O)OC(C)(C)C)C5)ccc4n3)cc(F)c2n1. The summed E-state index contributed by atoms with van der Waals surface area (Å²) in [7, 11) is 1.77. The fourth-order valence-electron chi connectivity index (χ4n) is 4.28. The van der Waals surface area contributed by atoms with Gasteiger partial charge in [-0.3, -0.25) is 0 Å². The molecule has 0 unspecified atom stereocenters. The first-order valence-electron chi connectivity index (χ1n) is 11.6. The van der Waals surface area contributed by atoms with Crippen LogP contribution in [0, 0.1) is 12.7 Å². The van der Waals surface area contributed by atoms with Crippen molar-refractivity contribution in [3.8, 4) is 11.4 Å². The van der Waals surface area contributed by atoms with Crippen molar-refractivity contribution < 1.29 is 13.9 Å². The van der Waals surface area contributed by atoms with E-state index >= 15 is 0 Å². The summed E-state index contributed by atoms with van der Waals surface area (Å²) in [6.07, 6.45) is 5.69. The van der Waals surface area contributed by atoms with Crippen molar-refractivity contribution in [2.45, 2.75) is 45.8 Å². The summed E-state index contributed by atoms with van der Waals surface area (Å²) in [5, 5.41) is 0. The van der Waals surface area contributed by atoms with Crippen LogP contribution in [0.15, 0.2) is 36.8 Å². The van der Waals surface area contributed by atoms with Gasteiger partial charge in [0.25, 0.3) is 0 Å². The molecule has 5 heterocycles. The Labute approximate surface area is 202 Å². The lowest BCUT2D eigenvalue weighted by Gasteiger charge is -2.28. The molecule has 182 valence electrons. The van der Waals surface area contributed by atoms with Gasteiger partial charge in [0.1, 0.15) is 16.9 Å². The number of fused-ring (bicyclic) bond motifs is 2. The topological polar surface area (TPSA) is 88.8 Å². The van der Waals surface area contributed by atoms with E-state index in [1.54, 1.807) is 34.9 Å². The van der Waals surface area contributed by atoms with Crippen molar-refractivity contribution >= 4 is 28.6 Å². The summed E-state index contributed by atoms with van der Waals surface area (Å²) in [5.74, 6) is 0.794. The Balaban J connectivity index is 1.35. The van der Waals surface area contributed by atoms with Crippen LogP contribution in [0.25, 0.3) is 28.1 Å². The molecule has 10 heteroatoms. The lowest BCUT2D eigenvalue weighted by molar-refractivity contribution is 0.0238. The number of aromatic nitrogens is 5. The average molecular weight is 478 g/mol. The third kappa shape index (κ3) is 4.60. The lowest BCUT2D eigenvalue weighted by Crippen LogP contribution is -2.42. The number of hydrogen-bond acceptors (Lipinski definition) is 7. The number of rotatable bonds is 3. The zero-order chi connectivity index (χ0) is 24.9. The second-order valence-corrected chi connectivity index (χ2v) is 9.94. The highest BCUT2D eigenvalue weighted by Gasteiger charge is 2.31. The van der Waals surface area contributed by atoms with E-state index in [2.05, 4.69) is 19.9 Å². The van der Waals surface area contributed by atoms with E-state index in [9.17, 15) is 9.18 Å². The maximum Gasteiger partial charge on any atom is 0.410 e. The molecule has 35 heavy (non-hydrogen) atoms. The summed E-state index contributed by atoms with van der Waals surface area (Å²) in [6.45, 7) is 8.84. The van der Waals surface area contributed by atoms with Gasteiger partial charge in [0.05, 0.1) is 23.4 Å². The van der Waals surface area contributed by atoms with Crippen LogP contribution in [0.5, 0.6) is 0 Å². The zero-order valence-electron chi connectivity index (χ0n) is 20.5. The van der Waals surface area contributed by atoms with Crippen LogP contribution in [0.3, 0.4) is 0 Å². The van der Waals surface area contributed by atoms with E-state index in [0.29, 0.717) is 29.0 Å². The summed E-state index contributed by atoms with van der Waals surface area (Å²) in [5.41, 5.74) is 2.36. The molecule has 9 nitrogen and oxygen atoms in total. The van der Waals surface area contributed by atoms with Crippen LogP contribution in [-0.2, 0) is 4.74 Å². The van der Waals surface area contributed by atoms with E-state index in [-0.39, 0.29) is 17.8 Å². The minimum absolute atomic E-state index is 0.0394. The molecule has 1 fully saturated rings. The number of pyridine rings is 2. The second-order valence-electron chi connectivity index (χ2n) is 9.94. The maximum absolute atomic E-state index is 14.5. The van der Waals surface area contributed by atoms with Gasteiger partial charge in [0.2, 0.25) is 0 Å². The highest BCUT2D eigenvalue weighted by Crippen LogP contribution is 2.26. The molecule has 0 aliphatic carbocycles. The Morgan fingerprint density at radius 3 is 2.74 bits per heavy atom. The van der Waals surface area contributed by atoms with E-state index in [1.807, 2.05) is 39.8 Å². The summed E-state index contributed by atoms with van der Waals surface area (Å²) < 4.78 is 21.7. The molecule has 0 spiro atoms. The van der Waals surface area contributed by atoms with Gasteiger partial charge >= 0.3 is 6.09 Å². The molecule has 0 aromatic carbocycles. The molecule has 0 N–H and O–H groups in total. The fraction of sp³-hybridized carbons (Fsp3) is 0.400. The molecule has 4 aromatic rings. The molecule has 1 aliphatic rings. The Hall–Kier alpha value is -3.82. The average Bonchev–Trinajstić information content (AvgIpc) is 3.43. The number of amides is 1. The van der Waals surface area contributed by atoms with Crippen LogP contribution >= 0.6 is 0 Å². The first kappa shape index (κ1) is 22.9. The van der Waals surface area contributed by atoms with Gasteiger partial charge in [-0.1, -0.05) is 0 Å². The van der Waals surface area contributed by atoms with Gasteiger partial charge in [-0.05, 0) is 52.3 Å². The molecule has 0 bridgehead atoms. The van der Waals surface area contributed by atoms with Gasteiger partial charge in [0.15, 0.2) is 17.3 Å². The van der Waals surface area contributed by atoms with Crippen LogP contribution in [0.1, 0.15) is 32.9 Å². The van der Waals surface area contributed by atoms with Gasteiger partial charge < -0.3 is 18.9 Å². The smallest absolute Gasteiger partial charge is 0.410 e. The molecule has 5 rings (SSSR count). The van der Waals surface area contributed by atoms with E-state index in [4.69, 9.17) is 9.72 Å². The number of carbonyl (C=O) groups excluding carboxylic acids is 1. The quantitative estimate of drug-likeness (QED) is 0.436. The first-order valence-corrected chi connectivity index (χ1v) is 11.6. The van der Waals surface area contributed by atoms with Gasteiger partial charge in [-0.25, -0.2) is 29.1 Å². The van der Waals surface area contributed by atoms with Crippen molar-refractivity contribution in [3.05, 3.63) is 48.3 Å². The Morgan fingerprint density at radius 2 is 1.97 bits per heavy atom. The number of aryl methyl sites for hydroxylation is 1. The second kappa shape index (κ2) is 8.44. The Kier molecular flexibility index (Phi) is 5.53. The van der Waals surface area contributed by atoms with Crippen LogP contribution < -0.4 is 4.90 Å². The van der Waals surface area contributed by atoms with Crippen molar-refractivity contribution in [2.75, 3.05) is 25.0 Å². The standard InChI is InChI=1S/C25H28FN7O2/c1-15-12-33-13-16(10-18(26)23(33)28-15)22-27-11-20-19(30-22)6-7-21(29-20)32-9-8-17(14-32)31(5)24(34)35-25(2,3)4/h6-7,10-13,17H,8-9,14H2,1-5H3/t17-/m1/s1. The summed E-state index contributed by atoms with van der Waals surface area (Å²) in [4.78, 5) is 34.2. The third-order valence-corrected chi connectivity index (χ3v) is 6.02. The number of hydrogen-bond donors (Lipinski definition) is 0. The van der Waals surface area contributed by atoms with Gasteiger partial charge in [-0.15, -0.1) is 0 Å². The van der Waals surface area contributed by atoms with Crippen molar-refractivity contribution in [1.29, 1.82) is 0 Å². The number of anilines is 1. The normalized spacial score (nSPS) is 16.3. The third-order valence-electron chi connectivity index (χ3n) is 6.02. The maximum atomic E-state index is 14.5. The number of imidazole rings is 1. The molecule has 1 amide bonds. The number of halogens is 1. The van der Waals surface area contributed by atoms with Crippen molar-refractivity contribution in [1.82, 2.24) is 29.2 Å². The largest absolute Gasteiger partial charge is 0.444 e. The van der Waals surface area contributed by atoms with E-state index in [0.717, 1.165) is 24.5 Å². The minimum atomic E-state index is -0.530. The molecular formula is C25H28FN7O2. The molecule has 1 aliphatic heterocycles. The highest BCUT2D eigenvalue weighted by molar-refractivity contribution is 5.78. The summed E-state index contributed by atoms with van der Waals surface area (Å²) >= 11 is 0. The monoisotopic (exact) mass is 477 g/mol. The van der Waals surface area contributed by atoms with E-state index in [1.165, 1.54) is 6.07 Å². The number of ether oxygens (including phenoxy) is 1. The molecule has 1 atom stereocenters. The molecule has 0 saturated carbocycles. The Morgan fingerprint density at radius 1 is 1.17 bits per heavy atom. The number of likely N-dealkylation sites (N-methyl/N-ethyl adjacent to an activating group) is 1. The summed E-state index contributed by atoms with van der Waals surface area (Å²) in [6, 6.07) is 5.25. The molecule has 4 aromatic heterocycles. The minimum Gasteiger partial charge on any atom is -0.444 e. The predicted molar refractivity (Wildman–Crippen MR) is 131 cm³/mol. The lowest BCUT2D eigenvalue weighted by atomic mass is 10.2. The number of carbonyl (C=O) groups is 1. The highest BCUT2D eigenvalue weighted by atomic mass is 19.1. The number of nitrogens with zero attached hydrogens (tertiary/aromatic N) is 7. The molecular weight excluding hydrogens is 449 g/mol. The molecule has 1 saturated heterocycles. The molecule has 0 radical (unpaired) electrons. The van der Waals surface area contributed by atoms with Crippen LogP contribution in [0.4, 0.5) is 15.0 Å². The van der Waals surface area contributed by atoms with Crippen molar-refractivity contribution in [3.63, 3.8) is 0 Å². The van der Waals surface area contributed by atoms with Gasteiger partial charge in [-0.2, -0.15) is 0 Å². The Bertz CT molecular complexity index is 1430. The predicted octanol–water partition coefficient (Wildman–Crippen LogP) is 4.23. The van der Waals surface area contributed by atoms with Crippen LogP contribution in [-0.4, -0.2) is 67.1 Å². The van der Waals surface area contributed by atoms with Gasteiger partial charge in [0, 0.05) is 38.1 Å². The van der Waals surface area contributed by atoms with E-state index < -0.39 is 11.4 Å². The van der Waals surface area contributed by atoms with Crippen LogP contribution in [0.2, 0.25) is 0 Å². The zero-order valence-corrected chi connectivity index (χ0v) is 20.5. The van der Waals surface area contributed by atoms with Crippen molar-refractivity contribution in [2.24, 2.45) is 0 Å². The fourth-order valence-corrected chi connectivity index (χ4v) is 4.28. The first-order chi connectivity index (χ1) is 16.6.